The van der Waals surface area contributed by atoms with Gasteiger partial charge in [0, 0.05) is 12.1 Å². The summed E-state index contributed by atoms with van der Waals surface area (Å²) >= 11 is 0. The highest BCUT2D eigenvalue weighted by molar-refractivity contribution is 4.98. The Morgan fingerprint density at radius 3 is 2.21 bits per heavy atom. The normalized spacial score (nSPS) is 35.5. The Balaban J connectivity index is 1.70. The smallest absolute Gasteiger partial charge is 0.0677 e. The zero-order valence-corrected chi connectivity index (χ0v) is 13.0. The second-order valence-corrected chi connectivity index (χ2v) is 7.05. The number of hydrogen-bond donors (Lipinski definition) is 1. The number of hydrogen-bond acceptors (Lipinski definition) is 2. The molecule has 2 saturated heterocycles. The first-order chi connectivity index (χ1) is 9.14. The number of piperidine rings is 2. The van der Waals surface area contributed by atoms with Gasteiger partial charge in [-0.25, -0.2) is 0 Å². The molecule has 2 heterocycles. The Labute approximate surface area is 119 Å². The molecule has 2 rings (SSSR count). The zero-order chi connectivity index (χ0) is 13.7. The van der Waals surface area contributed by atoms with Crippen LogP contribution in [0.15, 0.2) is 0 Å². The first kappa shape index (κ1) is 15.3. The van der Waals surface area contributed by atoms with E-state index >= 15 is 0 Å². The van der Waals surface area contributed by atoms with E-state index in [1.165, 1.54) is 57.8 Å². The third-order valence-electron chi connectivity index (χ3n) is 5.45. The minimum atomic E-state index is -0.340. The largest absolute Gasteiger partial charge is 0.390 e. The number of rotatable bonds is 7. The SMILES string of the molecule is CCCCCCCCC1(O)CC2CCCC(C1)N2C. The van der Waals surface area contributed by atoms with Crippen LogP contribution in [0.2, 0.25) is 0 Å². The lowest BCUT2D eigenvalue weighted by atomic mass is 9.74. The van der Waals surface area contributed by atoms with Gasteiger partial charge in [0.1, 0.15) is 0 Å². The van der Waals surface area contributed by atoms with E-state index in [-0.39, 0.29) is 5.60 Å². The van der Waals surface area contributed by atoms with Gasteiger partial charge in [-0.1, -0.05) is 51.9 Å². The van der Waals surface area contributed by atoms with Gasteiger partial charge >= 0.3 is 0 Å². The Morgan fingerprint density at radius 2 is 1.58 bits per heavy atom. The van der Waals surface area contributed by atoms with Crippen molar-refractivity contribution >= 4 is 0 Å². The van der Waals surface area contributed by atoms with Gasteiger partial charge < -0.3 is 10.0 Å². The summed E-state index contributed by atoms with van der Waals surface area (Å²) < 4.78 is 0. The lowest BCUT2D eigenvalue weighted by Gasteiger charge is -2.50. The predicted molar refractivity (Wildman–Crippen MR) is 81.4 cm³/mol. The molecule has 0 aromatic rings. The topological polar surface area (TPSA) is 23.5 Å². The van der Waals surface area contributed by atoms with Gasteiger partial charge in [0.2, 0.25) is 0 Å². The van der Waals surface area contributed by atoms with E-state index in [1.54, 1.807) is 0 Å². The monoisotopic (exact) mass is 267 g/mol. The van der Waals surface area contributed by atoms with E-state index in [4.69, 9.17) is 0 Å². The summed E-state index contributed by atoms with van der Waals surface area (Å²) in [7, 11) is 2.26. The molecule has 0 aliphatic carbocycles. The van der Waals surface area contributed by atoms with Crippen molar-refractivity contribution in [3.8, 4) is 0 Å². The van der Waals surface area contributed by atoms with Crippen LogP contribution in [0.4, 0.5) is 0 Å². The van der Waals surface area contributed by atoms with E-state index in [0.717, 1.165) is 19.3 Å². The molecule has 112 valence electrons. The molecule has 0 spiro atoms. The molecule has 2 fully saturated rings. The van der Waals surface area contributed by atoms with Gasteiger partial charge in [0.15, 0.2) is 0 Å². The molecule has 2 aliphatic rings. The van der Waals surface area contributed by atoms with Gasteiger partial charge in [-0.2, -0.15) is 0 Å². The standard InChI is InChI=1S/C17H33NO/c1-3-4-5-6-7-8-12-17(19)13-15-10-9-11-16(14-17)18(15)2/h15-16,19H,3-14H2,1-2H3. The Bertz CT molecular complexity index is 252. The highest BCUT2D eigenvalue weighted by Crippen LogP contribution is 2.40. The van der Waals surface area contributed by atoms with Gasteiger partial charge in [0.05, 0.1) is 5.60 Å². The van der Waals surface area contributed by atoms with Crippen molar-refractivity contribution in [2.45, 2.75) is 102 Å². The van der Waals surface area contributed by atoms with Crippen molar-refractivity contribution in [3.63, 3.8) is 0 Å². The first-order valence-electron chi connectivity index (χ1n) is 8.59. The fourth-order valence-corrected chi connectivity index (χ4v) is 4.19. The van der Waals surface area contributed by atoms with Crippen molar-refractivity contribution in [1.82, 2.24) is 4.90 Å². The Morgan fingerprint density at radius 1 is 1.00 bits per heavy atom. The maximum atomic E-state index is 10.9. The van der Waals surface area contributed by atoms with E-state index in [1.807, 2.05) is 0 Å². The van der Waals surface area contributed by atoms with Crippen LogP contribution in [-0.2, 0) is 0 Å². The van der Waals surface area contributed by atoms with Gasteiger partial charge in [-0.05, 0) is 39.2 Å². The fourth-order valence-electron chi connectivity index (χ4n) is 4.19. The summed E-state index contributed by atoms with van der Waals surface area (Å²) in [6.07, 6.45) is 15.0. The minimum absolute atomic E-state index is 0.340. The average molecular weight is 267 g/mol. The van der Waals surface area contributed by atoms with Crippen LogP contribution in [0.5, 0.6) is 0 Å². The van der Waals surface area contributed by atoms with Crippen molar-refractivity contribution in [3.05, 3.63) is 0 Å². The molecule has 2 unspecified atom stereocenters. The van der Waals surface area contributed by atoms with Crippen LogP contribution in [0, 0.1) is 0 Å². The van der Waals surface area contributed by atoms with Gasteiger partial charge in [-0.15, -0.1) is 0 Å². The molecule has 0 aromatic heterocycles. The van der Waals surface area contributed by atoms with Crippen LogP contribution >= 0.6 is 0 Å². The summed E-state index contributed by atoms with van der Waals surface area (Å²) in [5.74, 6) is 0. The number of nitrogens with zero attached hydrogens (tertiary/aromatic N) is 1. The molecule has 2 atom stereocenters. The predicted octanol–water partition coefficient (Wildman–Crippen LogP) is 4.11. The second kappa shape index (κ2) is 7.08. The van der Waals surface area contributed by atoms with E-state index in [0.29, 0.717) is 12.1 Å². The van der Waals surface area contributed by atoms with E-state index in [2.05, 4.69) is 18.9 Å². The zero-order valence-electron chi connectivity index (χ0n) is 13.0. The molecule has 2 aliphatic heterocycles. The summed E-state index contributed by atoms with van der Waals surface area (Å²) in [4.78, 5) is 2.54. The third-order valence-corrected chi connectivity index (χ3v) is 5.45. The molecule has 2 bridgehead atoms. The highest BCUT2D eigenvalue weighted by atomic mass is 16.3. The third kappa shape index (κ3) is 4.19. The number of fused-ring (bicyclic) bond motifs is 2. The Kier molecular flexibility index (Phi) is 5.70. The van der Waals surface area contributed by atoms with Gasteiger partial charge in [-0.3, -0.25) is 0 Å². The van der Waals surface area contributed by atoms with Crippen LogP contribution in [-0.4, -0.2) is 34.7 Å². The van der Waals surface area contributed by atoms with Crippen LogP contribution < -0.4 is 0 Å². The first-order valence-corrected chi connectivity index (χ1v) is 8.59. The molecular formula is C17H33NO. The van der Waals surface area contributed by atoms with Crippen LogP contribution in [0.1, 0.15) is 84.0 Å². The van der Waals surface area contributed by atoms with Crippen LogP contribution in [0.25, 0.3) is 0 Å². The van der Waals surface area contributed by atoms with E-state index in [9.17, 15) is 5.11 Å². The van der Waals surface area contributed by atoms with Gasteiger partial charge in [0.25, 0.3) is 0 Å². The lowest BCUT2D eigenvalue weighted by molar-refractivity contribution is -0.0878. The Hall–Kier alpha value is -0.0800. The summed E-state index contributed by atoms with van der Waals surface area (Å²) in [5.41, 5.74) is -0.340. The highest BCUT2D eigenvalue weighted by Gasteiger charge is 2.43. The summed E-state index contributed by atoms with van der Waals surface area (Å²) in [6.45, 7) is 2.26. The van der Waals surface area contributed by atoms with Crippen molar-refractivity contribution < 1.29 is 5.11 Å². The molecule has 1 N–H and O–H groups in total. The molecule has 2 nitrogen and oxygen atoms in total. The molecule has 0 radical (unpaired) electrons. The quantitative estimate of drug-likeness (QED) is 0.702. The van der Waals surface area contributed by atoms with Crippen molar-refractivity contribution in [2.75, 3.05) is 7.05 Å². The maximum Gasteiger partial charge on any atom is 0.0677 e. The lowest BCUT2D eigenvalue weighted by Crippen LogP contribution is -2.56. The molecule has 2 heteroatoms. The molecule has 0 saturated carbocycles. The minimum Gasteiger partial charge on any atom is -0.390 e. The molecular weight excluding hydrogens is 234 g/mol. The second-order valence-electron chi connectivity index (χ2n) is 7.05. The molecule has 0 aromatic carbocycles. The maximum absolute atomic E-state index is 10.9. The number of unbranched alkanes of at least 4 members (excludes halogenated alkanes) is 5. The van der Waals surface area contributed by atoms with Crippen molar-refractivity contribution in [1.29, 1.82) is 0 Å². The average Bonchev–Trinajstić information content (AvgIpc) is 2.36. The summed E-state index contributed by atoms with van der Waals surface area (Å²) in [5, 5.41) is 10.9. The van der Waals surface area contributed by atoms with Crippen molar-refractivity contribution in [2.24, 2.45) is 0 Å². The van der Waals surface area contributed by atoms with Crippen LogP contribution in [0.3, 0.4) is 0 Å². The van der Waals surface area contributed by atoms with E-state index < -0.39 is 0 Å². The number of aliphatic hydroxyl groups is 1. The molecule has 19 heavy (non-hydrogen) atoms. The summed E-state index contributed by atoms with van der Waals surface area (Å²) in [6, 6.07) is 1.30. The molecule has 0 amide bonds. The fraction of sp³-hybridized carbons (Fsp3) is 1.00.